The molecule has 0 N–H and O–H groups in total. The molecule has 0 aliphatic heterocycles. The molecule has 0 radical (unpaired) electrons. The van der Waals surface area contributed by atoms with Crippen LogP contribution in [0.2, 0.25) is 0 Å². The molecule has 0 heterocycles. The Morgan fingerprint density at radius 3 is 1.88 bits per heavy atom. The van der Waals surface area contributed by atoms with Crippen molar-refractivity contribution >= 4 is 48.5 Å². The second-order valence-corrected chi connectivity index (χ2v) is 7.07. The van der Waals surface area contributed by atoms with Crippen molar-refractivity contribution in [1.29, 1.82) is 0 Å². The summed E-state index contributed by atoms with van der Waals surface area (Å²) in [5.74, 6) is -0.872. The molecule has 88 valence electrons. The minimum absolute atomic E-state index is 0.436. The first-order chi connectivity index (χ1) is 7.49. The summed E-state index contributed by atoms with van der Waals surface area (Å²) >= 11 is 0.662. The van der Waals surface area contributed by atoms with Gasteiger partial charge in [-0.25, -0.2) is 0 Å². The van der Waals surface area contributed by atoms with Crippen molar-refractivity contribution in [2.75, 3.05) is 0 Å². The monoisotopic (exact) mass is 400 g/mol. The van der Waals surface area contributed by atoms with Crippen LogP contribution in [0.1, 0.15) is 13.8 Å². The van der Waals surface area contributed by atoms with Gasteiger partial charge in [0.05, 0.1) is 0 Å². The van der Waals surface area contributed by atoms with Crippen molar-refractivity contribution in [3.63, 3.8) is 0 Å². The molecule has 0 amide bonds. The van der Waals surface area contributed by atoms with Crippen LogP contribution in [-0.2, 0) is 15.7 Å². The van der Waals surface area contributed by atoms with E-state index in [9.17, 15) is 9.59 Å². The van der Waals surface area contributed by atoms with Gasteiger partial charge in [-0.1, -0.05) is 0 Å². The van der Waals surface area contributed by atoms with Crippen molar-refractivity contribution in [2.24, 2.45) is 0 Å². The van der Waals surface area contributed by atoms with Crippen molar-refractivity contribution in [1.82, 2.24) is 0 Å². The Morgan fingerprint density at radius 1 is 1.06 bits per heavy atom. The first-order valence-corrected chi connectivity index (χ1v) is 7.96. The van der Waals surface area contributed by atoms with Crippen LogP contribution in [0, 0.1) is 3.57 Å². The van der Waals surface area contributed by atoms with Gasteiger partial charge < -0.3 is 0 Å². The van der Waals surface area contributed by atoms with Gasteiger partial charge in [-0.2, -0.15) is 0 Å². The van der Waals surface area contributed by atoms with E-state index < -0.39 is 32.6 Å². The van der Waals surface area contributed by atoms with E-state index in [2.05, 4.69) is 15.9 Å². The Labute approximate surface area is 110 Å². The molecule has 0 bridgehead atoms. The number of carbonyl (C=O) groups is 2. The second-order valence-electron chi connectivity index (χ2n) is 2.79. The quantitative estimate of drug-likeness (QED) is 0.731. The third kappa shape index (κ3) is 4.48. The topological polar surface area (TPSA) is 52.6 Å². The van der Waals surface area contributed by atoms with E-state index >= 15 is 0 Å². The predicted molar refractivity (Wildman–Crippen MR) is 70.4 cm³/mol. The van der Waals surface area contributed by atoms with Gasteiger partial charge in [0, 0.05) is 0 Å². The number of benzene rings is 1. The summed E-state index contributed by atoms with van der Waals surface area (Å²) in [5, 5.41) is 0. The van der Waals surface area contributed by atoms with Crippen molar-refractivity contribution < 1.29 is 15.7 Å². The minimum atomic E-state index is -2.64. The average Bonchev–Trinajstić information content (AvgIpc) is 2.16. The summed E-state index contributed by atoms with van der Waals surface area (Å²) in [6.07, 6.45) is 0. The van der Waals surface area contributed by atoms with E-state index in [1.165, 1.54) is 13.8 Å². The molecule has 0 aliphatic carbocycles. The van der Waals surface area contributed by atoms with E-state index in [-0.39, 0.29) is 0 Å². The molecule has 16 heavy (non-hydrogen) atoms. The van der Waals surface area contributed by atoms with E-state index in [1.54, 1.807) is 12.1 Å². The van der Waals surface area contributed by atoms with Gasteiger partial charge in [-0.05, 0) is 0 Å². The van der Waals surface area contributed by atoms with Gasteiger partial charge in [-0.3, -0.25) is 0 Å². The SMILES string of the molecule is CC(=O)OI(OC(C)=O)c1ccc(Br)cc1. The standard InChI is InChI=1S/C10H10BrIO4/c1-7(13)15-12(16-8(2)14)10-5-3-9(11)4-6-10/h3-6H,1-2H3. The first-order valence-electron chi connectivity index (χ1n) is 4.32. The molecule has 0 spiro atoms. The molecule has 0 unspecified atom stereocenters. The fourth-order valence-corrected chi connectivity index (χ4v) is 3.77. The third-order valence-electron chi connectivity index (χ3n) is 1.34. The molecule has 0 saturated heterocycles. The molecular weight excluding hydrogens is 391 g/mol. The van der Waals surface area contributed by atoms with Crippen molar-refractivity contribution in [2.45, 2.75) is 13.8 Å². The van der Waals surface area contributed by atoms with Crippen LogP contribution in [0.5, 0.6) is 0 Å². The van der Waals surface area contributed by atoms with Crippen LogP contribution in [0.25, 0.3) is 0 Å². The van der Waals surface area contributed by atoms with Crippen molar-refractivity contribution in [3.8, 4) is 0 Å². The average molecular weight is 401 g/mol. The molecule has 0 fully saturated rings. The zero-order valence-electron chi connectivity index (χ0n) is 8.70. The van der Waals surface area contributed by atoms with Crippen LogP contribution in [0.15, 0.2) is 28.7 Å². The van der Waals surface area contributed by atoms with Crippen LogP contribution in [-0.4, -0.2) is 11.9 Å². The number of rotatable bonds is 3. The molecule has 1 aromatic rings. The predicted octanol–water partition coefficient (Wildman–Crippen LogP) is 3.08. The summed E-state index contributed by atoms with van der Waals surface area (Å²) in [6, 6.07) is 7.18. The molecule has 0 aromatic heterocycles. The van der Waals surface area contributed by atoms with E-state index in [1.807, 2.05) is 12.1 Å². The molecule has 4 nitrogen and oxygen atoms in total. The molecule has 0 saturated carbocycles. The van der Waals surface area contributed by atoms with Crippen LogP contribution in [0.4, 0.5) is 0 Å². The molecular formula is C10H10BrIO4. The normalized spacial score (nSPS) is 10.6. The molecule has 0 atom stereocenters. The molecule has 0 aliphatic rings. The number of halogens is 2. The maximum atomic E-state index is 10.9. The summed E-state index contributed by atoms with van der Waals surface area (Å²) < 4.78 is 11.8. The second kappa shape index (κ2) is 6.19. The van der Waals surface area contributed by atoms with Gasteiger partial charge in [0.2, 0.25) is 0 Å². The van der Waals surface area contributed by atoms with Crippen LogP contribution >= 0.6 is 36.6 Å². The van der Waals surface area contributed by atoms with Gasteiger partial charge in [0.15, 0.2) is 0 Å². The Morgan fingerprint density at radius 2 is 1.50 bits per heavy atom. The summed E-state index contributed by atoms with van der Waals surface area (Å²) in [6.45, 7) is 2.60. The van der Waals surface area contributed by atoms with Gasteiger partial charge >= 0.3 is 110 Å². The van der Waals surface area contributed by atoms with Crippen molar-refractivity contribution in [3.05, 3.63) is 32.3 Å². The van der Waals surface area contributed by atoms with Gasteiger partial charge in [0.25, 0.3) is 0 Å². The molecule has 1 aromatic carbocycles. The zero-order valence-corrected chi connectivity index (χ0v) is 12.4. The molecule has 1 rings (SSSR count). The Hall–Kier alpha value is -0.630. The number of hydrogen-bond donors (Lipinski definition) is 0. The van der Waals surface area contributed by atoms with E-state index in [4.69, 9.17) is 6.13 Å². The Balaban J connectivity index is 2.86. The van der Waals surface area contributed by atoms with Crippen LogP contribution in [0.3, 0.4) is 0 Å². The third-order valence-corrected chi connectivity index (χ3v) is 5.64. The number of carbonyl (C=O) groups excluding carboxylic acids is 2. The summed E-state index contributed by atoms with van der Waals surface area (Å²) in [5.41, 5.74) is 0. The summed E-state index contributed by atoms with van der Waals surface area (Å²) in [7, 11) is 0. The molecule has 6 heteroatoms. The Bertz CT molecular complexity index is 374. The fraction of sp³-hybridized carbons (Fsp3) is 0.200. The van der Waals surface area contributed by atoms with Gasteiger partial charge in [-0.15, -0.1) is 0 Å². The summed E-state index contributed by atoms with van der Waals surface area (Å²) in [4.78, 5) is 21.8. The number of hydrogen-bond acceptors (Lipinski definition) is 4. The maximum absolute atomic E-state index is 10.9. The Kier molecular flexibility index (Phi) is 5.20. The van der Waals surface area contributed by atoms with Gasteiger partial charge in [0.1, 0.15) is 0 Å². The van der Waals surface area contributed by atoms with E-state index in [0.29, 0.717) is 0 Å². The first kappa shape index (κ1) is 13.4. The van der Waals surface area contributed by atoms with Crippen LogP contribution < -0.4 is 0 Å². The zero-order chi connectivity index (χ0) is 12.1. The fourth-order valence-electron chi connectivity index (χ4n) is 0.835. The van der Waals surface area contributed by atoms with E-state index in [0.717, 1.165) is 8.04 Å².